The second-order valence-electron chi connectivity index (χ2n) is 3.31. The maximum atomic E-state index is 11.6. The summed E-state index contributed by atoms with van der Waals surface area (Å²) in [6.07, 6.45) is -0.247. The van der Waals surface area contributed by atoms with E-state index in [1.54, 1.807) is 31.2 Å². The molecule has 0 fully saturated rings. The van der Waals surface area contributed by atoms with Gasteiger partial charge in [-0.3, -0.25) is 9.59 Å². The van der Waals surface area contributed by atoms with E-state index in [0.717, 1.165) is 0 Å². The summed E-state index contributed by atoms with van der Waals surface area (Å²) in [6.45, 7) is 1.95. The Labute approximate surface area is 93.9 Å². The highest BCUT2D eigenvalue weighted by atomic mass is 16.5. The minimum atomic E-state index is -1.01. The van der Waals surface area contributed by atoms with Gasteiger partial charge in [0.05, 0.1) is 18.9 Å². The van der Waals surface area contributed by atoms with Crippen molar-refractivity contribution in [3.63, 3.8) is 0 Å². The number of carboxylic acid groups (broad SMARTS) is 1. The van der Waals surface area contributed by atoms with Crippen LogP contribution in [0.15, 0.2) is 30.3 Å². The van der Waals surface area contributed by atoms with Crippen molar-refractivity contribution in [3.05, 3.63) is 35.9 Å². The first-order chi connectivity index (χ1) is 7.65. The Kier molecular flexibility index (Phi) is 4.51. The van der Waals surface area contributed by atoms with Crippen LogP contribution in [-0.2, 0) is 14.3 Å². The molecule has 0 saturated heterocycles. The van der Waals surface area contributed by atoms with Gasteiger partial charge in [0.15, 0.2) is 0 Å². The highest BCUT2D eigenvalue weighted by Crippen LogP contribution is 2.21. The quantitative estimate of drug-likeness (QED) is 0.772. The van der Waals surface area contributed by atoms with Crippen molar-refractivity contribution in [2.45, 2.75) is 19.3 Å². The van der Waals surface area contributed by atoms with Gasteiger partial charge in [0.2, 0.25) is 0 Å². The molecule has 86 valence electrons. The van der Waals surface area contributed by atoms with E-state index in [-0.39, 0.29) is 13.0 Å². The third kappa shape index (κ3) is 3.38. The zero-order valence-corrected chi connectivity index (χ0v) is 9.05. The molecular weight excluding hydrogens is 208 g/mol. The van der Waals surface area contributed by atoms with Crippen LogP contribution in [0.25, 0.3) is 0 Å². The molecule has 1 rings (SSSR count). The average molecular weight is 222 g/mol. The Hall–Kier alpha value is -1.84. The number of hydrogen-bond acceptors (Lipinski definition) is 3. The molecule has 1 aromatic carbocycles. The van der Waals surface area contributed by atoms with Gasteiger partial charge in [-0.15, -0.1) is 0 Å². The second-order valence-corrected chi connectivity index (χ2v) is 3.31. The predicted octanol–water partition coefficient (Wildman–Crippen LogP) is 1.81. The average Bonchev–Trinajstić information content (AvgIpc) is 2.27. The summed E-state index contributed by atoms with van der Waals surface area (Å²) in [5.41, 5.74) is 0.670. The normalized spacial score (nSPS) is 11.8. The highest BCUT2D eigenvalue weighted by molar-refractivity contribution is 5.83. The lowest BCUT2D eigenvalue weighted by Crippen LogP contribution is -2.19. The summed E-state index contributed by atoms with van der Waals surface area (Å²) in [5.74, 6) is -2.23. The van der Waals surface area contributed by atoms with Crippen molar-refractivity contribution >= 4 is 11.9 Å². The van der Waals surface area contributed by atoms with E-state index in [0.29, 0.717) is 5.56 Å². The van der Waals surface area contributed by atoms with Gasteiger partial charge in [-0.25, -0.2) is 0 Å². The van der Waals surface area contributed by atoms with Crippen molar-refractivity contribution in [1.29, 1.82) is 0 Å². The molecule has 16 heavy (non-hydrogen) atoms. The van der Waals surface area contributed by atoms with Crippen LogP contribution in [0.2, 0.25) is 0 Å². The minimum absolute atomic E-state index is 0.247. The summed E-state index contributed by atoms with van der Waals surface area (Å²) >= 11 is 0. The second kappa shape index (κ2) is 5.90. The molecule has 0 aliphatic carbocycles. The lowest BCUT2D eigenvalue weighted by atomic mass is 9.96. The summed E-state index contributed by atoms with van der Waals surface area (Å²) in [6, 6.07) is 8.80. The van der Waals surface area contributed by atoms with Gasteiger partial charge in [-0.1, -0.05) is 30.3 Å². The number of benzene rings is 1. The molecule has 1 unspecified atom stereocenters. The number of carboxylic acids is 1. The fraction of sp³-hybridized carbons (Fsp3) is 0.333. The first-order valence-corrected chi connectivity index (χ1v) is 5.08. The van der Waals surface area contributed by atoms with Gasteiger partial charge < -0.3 is 9.84 Å². The number of rotatable bonds is 5. The van der Waals surface area contributed by atoms with E-state index in [4.69, 9.17) is 9.84 Å². The summed E-state index contributed by atoms with van der Waals surface area (Å²) < 4.78 is 4.86. The van der Waals surface area contributed by atoms with Gasteiger partial charge in [0.25, 0.3) is 0 Å². The molecular formula is C12H14O4. The monoisotopic (exact) mass is 222 g/mol. The lowest BCUT2D eigenvalue weighted by Gasteiger charge is -2.13. The van der Waals surface area contributed by atoms with Crippen molar-refractivity contribution in [3.8, 4) is 0 Å². The molecule has 0 aromatic heterocycles. The standard InChI is InChI=1S/C12H14O4/c1-2-16-12(15)10(8-11(13)14)9-6-4-3-5-7-9/h3-7,10H,2,8H2,1H3,(H,13,14). The van der Waals surface area contributed by atoms with E-state index in [1.165, 1.54) is 0 Å². The SMILES string of the molecule is CCOC(=O)C(CC(=O)O)c1ccccc1. The van der Waals surface area contributed by atoms with Gasteiger partial charge in [0.1, 0.15) is 0 Å². The van der Waals surface area contributed by atoms with Crippen LogP contribution in [-0.4, -0.2) is 23.7 Å². The molecule has 1 atom stereocenters. The lowest BCUT2D eigenvalue weighted by molar-refractivity contribution is -0.149. The molecule has 0 heterocycles. The van der Waals surface area contributed by atoms with E-state index in [1.807, 2.05) is 6.07 Å². The Balaban J connectivity index is 2.87. The molecule has 0 aliphatic heterocycles. The maximum Gasteiger partial charge on any atom is 0.313 e. The summed E-state index contributed by atoms with van der Waals surface area (Å²) in [5, 5.41) is 8.75. The van der Waals surface area contributed by atoms with E-state index in [9.17, 15) is 9.59 Å². The van der Waals surface area contributed by atoms with Crippen LogP contribution in [0.1, 0.15) is 24.8 Å². The molecule has 0 bridgehead atoms. The topological polar surface area (TPSA) is 63.6 Å². The van der Waals surface area contributed by atoms with Gasteiger partial charge in [-0.05, 0) is 12.5 Å². The van der Waals surface area contributed by atoms with Gasteiger partial charge in [-0.2, -0.15) is 0 Å². The number of carbonyl (C=O) groups excluding carboxylic acids is 1. The molecule has 0 amide bonds. The molecule has 0 saturated carbocycles. The Morgan fingerprint density at radius 3 is 2.44 bits per heavy atom. The molecule has 1 N–H and O–H groups in total. The van der Waals surface area contributed by atoms with Crippen molar-refractivity contribution in [2.24, 2.45) is 0 Å². The van der Waals surface area contributed by atoms with Crippen LogP contribution in [0, 0.1) is 0 Å². The van der Waals surface area contributed by atoms with Crippen LogP contribution in [0.5, 0.6) is 0 Å². The Morgan fingerprint density at radius 2 is 1.94 bits per heavy atom. The van der Waals surface area contributed by atoms with Crippen LogP contribution < -0.4 is 0 Å². The summed E-state index contributed by atoms with van der Waals surface area (Å²) in [7, 11) is 0. The largest absolute Gasteiger partial charge is 0.481 e. The van der Waals surface area contributed by atoms with Gasteiger partial charge >= 0.3 is 11.9 Å². The molecule has 0 radical (unpaired) electrons. The van der Waals surface area contributed by atoms with Crippen molar-refractivity contribution < 1.29 is 19.4 Å². The number of aliphatic carboxylic acids is 1. The zero-order chi connectivity index (χ0) is 12.0. The number of ether oxygens (including phenoxy) is 1. The Morgan fingerprint density at radius 1 is 1.31 bits per heavy atom. The zero-order valence-electron chi connectivity index (χ0n) is 9.05. The van der Waals surface area contributed by atoms with E-state index < -0.39 is 17.9 Å². The molecule has 0 aliphatic rings. The number of hydrogen-bond donors (Lipinski definition) is 1. The first-order valence-electron chi connectivity index (χ1n) is 5.08. The number of carbonyl (C=O) groups is 2. The van der Waals surface area contributed by atoms with Crippen LogP contribution >= 0.6 is 0 Å². The van der Waals surface area contributed by atoms with Crippen LogP contribution in [0.3, 0.4) is 0 Å². The molecule has 4 heteroatoms. The molecule has 0 spiro atoms. The molecule has 4 nitrogen and oxygen atoms in total. The smallest absolute Gasteiger partial charge is 0.313 e. The first kappa shape index (κ1) is 12.2. The third-order valence-corrected chi connectivity index (χ3v) is 2.15. The van der Waals surface area contributed by atoms with Crippen molar-refractivity contribution in [2.75, 3.05) is 6.61 Å². The van der Waals surface area contributed by atoms with E-state index >= 15 is 0 Å². The minimum Gasteiger partial charge on any atom is -0.481 e. The fourth-order valence-electron chi connectivity index (χ4n) is 1.44. The fourth-order valence-corrected chi connectivity index (χ4v) is 1.44. The summed E-state index contributed by atoms with van der Waals surface area (Å²) in [4.78, 5) is 22.3. The molecule has 1 aromatic rings. The maximum absolute atomic E-state index is 11.6. The van der Waals surface area contributed by atoms with Crippen LogP contribution in [0.4, 0.5) is 0 Å². The third-order valence-electron chi connectivity index (χ3n) is 2.15. The van der Waals surface area contributed by atoms with E-state index in [2.05, 4.69) is 0 Å². The highest BCUT2D eigenvalue weighted by Gasteiger charge is 2.24. The Bertz CT molecular complexity index is 359. The predicted molar refractivity (Wildman–Crippen MR) is 58.1 cm³/mol. The number of esters is 1. The van der Waals surface area contributed by atoms with Crippen molar-refractivity contribution in [1.82, 2.24) is 0 Å². The van der Waals surface area contributed by atoms with Gasteiger partial charge in [0, 0.05) is 0 Å².